The van der Waals surface area contributed by atoms with Crippen LogP contribution in [0.1, 0.15) is 33.1 Å². The van der Waals surface area contributed by atoms with Crippen LogP contribution < -0.4 is 5.32 Å². The molecule has 2 rings (SSSR count). The summed E-state index contributed by atoms with van der Waals surface area (Å²) < 4.78 is 0. The Hall–Kier alpha value is -1.26. The number of aliphatic hydroxyl groups is 3. The predicted molar refractivity (Wildman–Crippen MR) is 89.1 cm³/mol. The molecule has 9 nitrogen and oxygen atoms in total. The summed E-state index contributed by atoms with van der Waals surface area (Å²) >= 11 is 11.4. The highest BCUT2D eigenvalue weighted by atomic mass is 35.5. The largest absolute Gasteiger partial charge is 0.396 e. The number of nitrogens with one attached hydrogen (secondary N) is 1. The van der Waals surface area contributed by atoms with E-state index in [-0.39, 0.29) is 40.5 Å². The summed E-state index contributed by atoms with van der Waals surface area (Å²) in [6, 6.07) is 0.0119. The Morgan fingerprint density at radius 2 is 1.92 bits per heavy atom. The number of nitro groups is 1. The Bertz CT molecular complexity index is 576. The lowest BCUT2D eigenvalue weighted by molar-refractivity contribution is -0.384. The Morgan fingerprint density at radius 3 is 2.38 bits per heavy atom. The second-order valence-corrected chi connectivity index (χ2v) is 6.63. The molecule has 0 aliphatic heterocycles. The lowest BCUT2D eigenvalue weighted by atomic mass is 10.1. The van der Waals surface area contributed by atoms with Crippen molar-refractivity contribution in [2.75, 3.05) is 11.9 Å². The van der Waals surface area contributed by atoms with E-state index in [1.807, 2.05) is 0 Å². The maximum atomic E-state index is 11.0. The normalized spacial score (nSPS) is 20.3. The molecule has 0 aromatic carbocycles. The van der Waals surface area contributed by atoms with Crippen LogP contribution >= 0.6 is 23.2 Å². The highest BCUT2D eigenvalue weighted by molar-refractivity contribution is 6.33. The Kier molecular flexibility index (Phi) is 7.56. The fraction of sp³-hybridized carbons (Fsp3) is 0.692. The van der Waals surface area contributed by atoms with Crippen molar-refractivity contribution in [3.8, 4) is 0 Å². The first kappa shape index (κ1) is 20.8. The first-order valence-electron chi connectivity index (χ1n) is 7.20. The zero-order valence-electron chi connectivity index (χ0n) is 13.2. The van der Waals surface area contributed by atoms with Crippen molar-refractivity contribution in [2.45, 2.75) is 44.9 Å². The third kappa shape index (κ3) is 7.10. The molecule has 1 saturated carbocycles. The number of aliphatic hydroxyl groups excluding tert-OH is 1. The molecule has 2 atom stereocenters. The summed E-state index contributed by atoms with van der Waals surface area (Å²) in [5.74, 6) is -1.26. The van der Waals surface area contributed by atoms with Gasteiger partial charge in [-0.2, -0.15) is 9.97 Å². The fourth-order valence-corrected chi connectivity index (χ4v) is 2.68. The average Bonchev–Trinajstić information content (AvgIpc) is 2.83. The van der Waals surface area contributed by atoms with Gasteiger partial charge in [0.25, 0.3) is 0 Å². The molecule has 0 bridgehead atoms. The number of halogens is 2. The van der Waals surface area contributed by atoms with Crippen molar-refractivity contribution in [3.63, 3.8) is 0 Å². The van der Waals surface area contributed by atoms with Gasteiger partial charge in [-0.05, 0) is 50.6 Å². The summed E-state index contributed by atoms with van der Waals surface area (Å²) in [7, 11) is 0. The molecule has 1 aromatic heterocycles. The SMILES string of the molecule is CC(C)(O)O.O=[N+]([O-])c1c(Cl)nc(Cl)nc1NC1CCC(CO)C1. The third-order valence-corrected chi connectivity index (χ3v) is 3.57. The molecule has 1 aliphatic carbocycles. The van der Waals surface area contributed by atoms with E-state index < -0.39 is 10.7 Å². The van der Waals surface area contributed by atoms with E-state index in [9.17, 15) is 10.1 Å². The summed E-state index contributed by atoms with van der Waals surface area (Å²) in [5.41, 5.74) is -0.376. The van der Waals surface area contributed by atoms with Gasteiger partial charge in [-0.25, -0.2) is 0 Å². The van der Waals surface area contributed by atoms with E-state index in [2.05, 4.69) is 15.3 Å². The maximum absolute atomic E-state index is 11.0. The smallest absolute Gasteiger partial charge is 0.348 e. The second kappa shape index (κ2) is 8.72. The average molecular weight is 383 g/mol. The lowest BCUT2D eigenvalue weighted by Gasteiger charge is -2.13. The molecule has 0 radical (unpaired) electrons. The van der Waals surface area contributed by atoms with Gasteiger partial charge in [0.2, 0.25) is 16.3 Å². The van der Waals surface area contributed by atoms with E-state index >= 15 is 0 Å². The van der Waals surface area contributed by atoms with Crippen molar-refractivity contribution in [3.05, 3.63) is 20.6 Å². The Labute approximate surface area is 148 Å². The molecule has 1 aliphatic rings. The molecule has 0 spiro atoms. The number of anilines is 1. The van der Waals surface area contributed by atoms with E-state index in [4.69, 9.17) is 38.5 Å². The highest BCUT2D eigenvalue weighted by Crippen LogP contribution is 2.34. The third-order valence-electron chi connectivity index (χ3n) is 3.14. The van der Waals surface area contributed by atoms with Gasteiger partial charge in [0.05, 0.1) is 4.92 Å². The van der Waals surface area contributed by atoms with Crippen molar-refractivity contribution >= 4 is 34.7 Å². The van der Waals surface area contributed by atoms with E-state index in [1.54, 1.807) is 0 Å². The summed E-state index contributed by atoms with van der Waals surface area (Å²) in [6.07, 6.45) is 2.41. The van der Waals surface area contributed by atoms with Crippen LogP contribution in [0.3, 0.4) is 0 Å². The molecule has 136 valence electrons. The molecular formula is C13H20Cl2N4O5. The molecule has 24 heavy (non-hydrogen) atoms. The van der Waals surface area contributed by atoms with Crippen LogP contribution in [0.4, 0.5) is 11.5 Å². The van der Waals surface area contributed by atoms with Crippen LogP contribution in [0.25, 0.3) is 0 Å². The van der Waals surface area contributed by atoms with Gasteiger partial charge in [-0.15, -0.1) is 0 Å². The van der Waals surface area contributed by atoms with Crippen LogP contribution in [-0.2, 0) is 0 Å². The number of rotatable bonds is 4. The first-order valence-corrected chi connectivity index (χ1v) is 7.96. The van der Waals surface area contributed by atoms with Crippen LogP contribution in [0, 0.1) is 16.0 Å². The van der Waals surface area contributed by atoms with Crippen LogP contribution in [0.2, 0.25) is 10.4 Å². The van der Waals surface area contributed by atoms with E-state index in [0.29, 0.717) is 0 Å². The standard InChI is InChI=1S/C10H12Cl2N4O3.C3H8O2/c11-8-7(16(18)19)9(15-10(12)14-8)13-6-2-1-5(3-6)4-17;1-3(2,4)5/h5-6,17H,1-4H2,(H,13,14,15);4-5H,1-2H3. The zero-order chi connectivity index (χ0) is 18.5. The molecule has 1 heterocycles. The minimum atomic E-state index is -1.50. The fourth-order valence-electron chi connectivity index (χ4n) is 2.23. The molecule has 1 aromatic rings. The number of nitrogens with zero attached hydrogens (tertiary/aromatic N) is 3. The highest BCUT2D eigenvalue weighted by Gasteiger charge is 2.29. The molecule has 4 N–H and O–H groups in total. The number of aromatic nitrogens is 2. The van der Waals surface area contributed by atoms with Crippen LogP contribution in [0.5, 0.6) is 0 Å². The van der Waals surface area contributed by atoms with Gasteiger partial charge in [0.1, 0.15) is 0 Å². The molecule has 11 heteroatoms. The summed E-state index contributed by atoms with van der Waals surface area (Å²) in [4.78, 5) is 17.7. The molecule has 0 saturated heterocycles. The van der Waals surface area contributed by atoms with Gasteiger partial charge < -0.3 is 20.6 Å². The van der Waals surface area contributed by atoms with E-state index in [0.717, 1.165) is 19.3 Å². The van der Waals surface area contributed by atoms with Gasteiger partial charge in [-0.1, -0.05) is 11.6 Å². The van der Waals surface area contributed by atoms with Crippen molar-refractivity contribution < 1.29 is 20.2 Å². The van der Waals surface area contributed by atoms with Crippen LogP contribution in [-0.4, -0.2) is 48.6 Å². The van der Waals surface area contributed by atoms with Gasteiger partial charge >= 0.3 is 5.69 Å². The van der Waals surface area contributed by atoms with Crippen LogP contribution in [0.15, 0.2) is 0 Å². The molecule has 2 unspecified atom stereocenters. The van der Waals surface area contributed by atoms with E-state index in [1.165, 1.54) is 13.8 Å². The molecule has 0 amide bonds. The maximum Gasteiger partial charge on any atom is 0.348 e. The van der Waals surface area contributed by atoms with Crippen molar-refractivity contribution in [1.29, 1.82) is 0 Å². The predicted octanol–water partition coefficient (Wildman–Crippen LogP) is 1.97. The molecule has 1 fully saturated rings. The summed E-state index contributed by atoms with van der Waals surface area (Å²) in [5, 5.41) is 38.7. The number of hydrogen-bond acceptors (Lipinski definition) is 8. The van der Waals surface area contributed by atoms with Gasteiger partial charge in [0.15, 0.2) is 5.79 Å². The zero-order valence-corrected chi connectivity index (χ0v) is 14.8. The Balaban J connectivity index is 0.000000505. The minimum absolute atomic E-state index is 0.0119. The van der Waals surface area contributed by atoms with Crippen molar-refractivity contribution in [1.82, 2.24) is 9.97 Å². The topological polar surface area (TPSA) is 142 Å². The number of hydrogen-bond donors (Lipinski definition) is 4. The minimum Gasteiger partial charge on any atom is -0.396 e. The summed E-state index contributed by atoms with van der Waals surface area (Å²) in [6.45, 7) is 2.71. The first-order chi connectivity index (χ1) is 11.0. The Morgan fingerprint density at radius 1 is 1.33 bits per heavy atom. The lowest BCUT2D eigenvalue weighted by Crippen LogP contribution is -2.18. The monoisotopic (exact) mass is 382 g/mol. The van der Waals surface area contributed by atoms with Crippen molar-refractivity contribution in [2.24, 2.45) is 5.92 Å². The molecular weight excluding hydrogens is 363 g/mol. The van der Waals surface area contributed by atoms with Gasteiger partial charge in [0, 0.05) is 12.6 Å². The second-order valence-electron chi connectivity index (χ2n) is 5.94. The van der Waals surface area contributed by atoms with Gasteiger partial charge in [-0.3, -0.25) is 10.1 Å². The quantitative estimate of drug-likeness (QED) is 0.203.